The van der Waals surface area contributed by atoms with Gasteiger partial charge in [0.2, 0.25) is 0 Å². The summed E-state index contributed by atoms with van der Waals surface area (Å²) >= 11 is 0. The number of H-pyrrole nitrogens is 1. The molecule has 5 N–H and O–H groups in total. The fourth-order valence-corrected chi connectivity index (χ4v) is 4.35. The molecule has 0 fully saturated rings. The van der Waals surface area contributed by atoms with Crippen molar-refractivity contribution in [2.24, 2.45) is 5.73 Å². The number of nitrogens with two attached hydrogens (primary N) is 1. The van der Waals surface area contributed by atoms with E-state index < -0.39 is 23.4 Å². The number of carbonyl (C=O) groups is 1. The molecular formula is C27H28FN7O5. The Balaban J connectivity index is 0.000000867. The molecule has 0 saturated carbocycles. The monoisotopic (exact) mass is 549 g/mol. The topological polar surface area (TPSA) is 182 Å². The Kier molecular flexibility index (Phi) is 8.52. The van der Waals surface area contributed by atoms with Gasteiger partial charge in [-0.25, -0.2) is 19.2 Å². The van der Waals surface area contributed by atoms with Crippen molar-refractivity contribution in [2.45, 2.75) is 32.1 Å². The summed E-state index contributed by atoms with van der Waals surface area (Å²) < 4.78 is 28.3. The first-order valence-corrected chi connectivity index (χ1v) is 12.3. The van der Waals surface area contributed by atoms with Gasteiger partial charge in [0.05, 0.1) is 19.6 Å². The molecule has 4 aromatic rings. The second-order valence-corrected chi connectivity index (χ2v) is 8.90. The van der Waals surface area contributed by atoms with Crippen LogP contribution in [0.1, 0.15) is 47.3 Å². The number of carboxylic acids is 1. The zero-order chi connectivity index (χ0) is 28.8. The van der Waals surface area contributed by atoms with E-state index in [-0.39, 0.29) is 17.6 Å². The summed E-state index contributed by atoms with van der Waals surface area (Å²) in [5.41, 5.74) is 7.22. The Morgan fingerprint density at radius 3 is 2.60 bits per heavy atom. The van der Waals surface area contributed by atoms with E-state index >= 15 is 4.39 Å². The van der Waals surface area contributed by atoms with E-state index in [1.54, 1.807) is 24.3 Å². The number of amidine groups is 1. The van der Waals surface area contributed by atoms with Crippen LogP contribution in [0, 0.1) is 11.2 Å². The van der Waals surface area contributed by atoms with Crippen LogP contribution >= 0.6 is 0 Å². The van der Waals surface area contributed by atoms with Crippen molar-refractivity contribution in [2.75, 3.05) is 13.7 Å². The van der Waals surface area contributed by atoms with E-state index in [9.17, 15) is 4.79 Å². The van der Waals surface area contributed by atoms with Gasteiger partial charge in [0.15, 0.2) is 11.5 Å². The molecule has 1 unspecified atom stereocenters. The normalized spacial score (nSPS) is 12.8. The van der Waals surface area contributed by atoms with Crippen LogP contribution in [0.5, 0.6) is 11.5 Å². The number of rotatable bonds is 7. The third-order valence-electron chi connectivity index (χ3n) is 6.13. The molecule has 1 aliphatic rings. The van der Waals surface area contributed by atoms with Crippen molar-refractivity contribution in [3.8, 4) is 17.4 Å². The summed E-state index contributed by atoms with van der Waals surface area (Å²) in [7, 11) is 1.51. The lowest BCUT2D eigenvalue weighted by molar-refractivity contribution is -0.134. The smallest absolute Gasteiger partial charge is 0.350 e. The van der Waals surface area contributed by atoms with Gasteiger partial charge in [0, 0.05) is 36.0 Å². The number of hydrogen-bond donors (Lipinski definition) is 4. The number of methoxy groups -OCH3 is 1. The van der Waals surface area contributed by atoms with Gasteiger partial charge in [0.1, 0.15) is 17.5 Å². The Labute approximate surface area is 228 Å². The first-order chi connectivity index (χ1) is 19.2. The first-order valence-electron chi connectivity index (χ1n) is 12.3. The molecule has 13 heteroatoms. The summed E-state index contributed by atoms with van der Waals surface area (Å²) in [5.74, 6) is -0.784. The minimum absolute atomic E-state index is 0.0468. The Morgan fingerprint density at radius 1 is 1.30 bits per heavy atom. The van der Waals surface area contributed by atoms with Gasteiger partial charge >= 0.3 is 5.69 Å². The summed E-state index contributed by atoms with van der Waals surface area (Å²) in [4.78, 5) is 32.7. The highest BCUT2D eigenvalue weighted by atomic mass is 19.1. The first kappa shape index (κ1) is 28.0. The maximum Gasteiger partial charge on any atom is 0.350 e. The van der Waals surface area contributed by atoms with Gasteiger partial charge < -0.3 is 20.3 Å². The van der Waals surface area contributed by atoms with Crippen molar-refractivity contribution in [1.29, 1.82) is 5.41 Å². The highest BCUT2D eigenvalue weighted by Gasteiger charge is 2.30. The van der Waals surface area contributed by atoms with Crippen molar-refractivity contribution in [1.82, 2.24) is 24.7 Å². The van der Waals surface area contributed by atoms with Crippen LogP contribution in [0.4, 0.5) is 4.39 Å². The number of carboxylic acid groups (broad SMARTS) is 1. The SMILES string of the molecule is CC(=O)O.COc1cc(C(Cc2ccc(C(=N)N)cc2)c2nn(-c3ncccn3)c(=O)[nH]2)c(F)c2c1OCCC2. The second kappa shape index (κ2) is 12.2. The maximum absolute atomic E-state index is 16.0. The zero-order valence-corrected chi connectivity index (χ0v) is 21.8. The molecule has 5 rings (SSSR count). The van der Waals surface area contributed by atoms with E-state index in [0.29, 0.717) is 54.1 Å². The molecule has 0 bridgehead atoms. The molecule has 0 radical (unpaired) electrons. The number of halogens is 1. The molecular weight excluding hydrogens is 521 g/mol. The van der Waals surface area contributed by atoms with E-state index in [4.69, 9.17) is 30.5 Å². The number of nitrogens with zero attached hydrogens (tertiary/aromatic N) is 4. The third kappa shape index (κ3) is 6.14. The standard InChI is InChI=1S/C25H24FN7O3.C2H4O2/c1-35-19-13-17(20(26)16-4-2-11-36-21(16)19)18(12-14-5-7-15(8-6-14)22(27)28)23-31-25(34)33(32-23)24-29-9-3-10-30-24;1-2(3)4/h3,5-10,13,18H,2,4,11-12H2,1H3,(H3,27,28)(H,31,32,34);1H3,(H,3,4). The Hall–Kier alpha value is -5.07. The molecule has 0 aliphatic carbocycles. The average molecular weight is 550 g/mol. The highest BCUT2D eigenvalue weighted by molar-refractivity contribution is 5.94. The molecule has 40 heavy (non-hydrogen) atoms. The average Bonchev–Trinajstić information content (AvgIpc) is 3.34. The summed E-state index contributed by atoms with van der Waals surface area (Å²) in [6.45, 7) is 1.57. The number of hydrogen-bond acceptors (Lipinski definition) is 8. The predicted molar refractivity (Wildman–Crippen MR) is 143 cm³/mol. The molecule has 0 saturated heterocycles. The Morgan fingerprint density at radius 2 is 1.98 bits per heavy atom. The minimum Gasteiger partial charge on any atom is -0.493 e. The fourth-order valence-electron chi connectivity index (χ4n) is 4.35. The number of nitrogen functional groups attached to an aromatic ring is 1. The molecule has 1 atom stereocenters. The lowest BCUT2D eigenvalue weighted by atomic mass is 9.88. The van der Waals surface area contributed by atoms with E-state index in [1.807, 2.05) is 12.1 Å². The molecule has 208 valence electrons. The number of benzene rings is 2. The number of aromatic amines is 1. The van der Waals surface area contributed by atoms with Crippen LogP contribution in [0.3, 0.4) is 0 Å². The van der Waals surface area contributed by atoms with Crippen molar-refractivity contribution in [3.63, 3.8) is 0 Å². The predicted octanol–water partition coefficient (Wildman–Crippen LogP) is 2.57. The number of ether oxygens (including phenoxy) is 2. The number of nitrogens with one attached hydrogen (secondary N) is 2. The van der Waals surface area contributed by atoms with Crippen LogP contribution < -0.4 is 20.9 Å². The van der Waals surface area contributed by atoms with Crippen molar-refractivity contribution >= 4 is 11.8 Å². The molecule has 1 aliphatic heterocycles. The van der Waals surface area contributed by atoms with Crippen LogP contribution in [-0.2, 0) is 17.6 Å². The fraction of sp³-hybridized carbons (Fsp3) is 0.259. The molecule has 0 amide bonds. The van der Waals surface area contributed by atoms with Crippen LogP contribution in [-0.4, -0.2) is 55.4 Å². The Bertz CT molecular complexity index is 1560. The van der Waals surface area contributed by atoms with E-state index in [0.717, 1.165) is 17.2 Å². The van der Waals surface area contributed by atoms with Crippen molar-refractivity contribution in [3.05, 3.63) is 93.2 Å². The van der Waals surface area contributed by atoms with Gasteiger partial charge in [-0.3, -0.25) is 15.2 Å². The van der Waals surface area contributed by atoms with Gasteiger partial charge in [-0.05, 0) is 37.0 Å². The molecule has 2 aromatic carbocycles. The lowest BCUT2D eigenvalue weighted by Gasteiger charge is -2.24. The van der Waals surface area contributed by atoms with Crippen LogP contribution in [0.15, 0.2) is 53.6 Å². The number of aliphatic carboxylic acids is 1. The lowest BCUT2D eigenvalue weighted by Crippen LogP contribution is -2.18. The number of fused-ring (bicyclic) bond motifs is 1. The van der Waals surface area contributed by atoms with Crippen LogP contribution in [0.2, 0.25) is 0 Å². The van der Waals surface area contributed by atoms with Gasteiger partial charge in [-0.1, -0.05) is 24.3 Å². The van der Waals surface area contributed by atoms with E-state index in [1.165, 1.54) is 19.5 Å². The molecule has 12 nitrogen and oxygen atoms in total. The van der Waals surface area contributed by atoms with Crippen molar-refractivity contribution < 1.29 is 23.8 Å². The quantitative estimate of drug-likeness (QED) is 0.199. The van der Waals surface area contributed by atoms with Gasteiger partial charge in [-0.2, -0.15) is 0 Å². The molecule has 3 heterocycles. The molecule has 0 spiro atoms. The largest absolute Gasteiger partial charge is 0.493 e. The molecule has 2 aromatic heterocycles. The zero-order valence-electron chi connectivity index (χ0n) is 21.8. The van der Waals surface area contributed by atoms with Gasteiger partial charge in [0.25, 0.3) is 11.9 Å². The summed E-state index contributed by atoms with van der Waals surface area (Å²) in [6, 6.07) is 10.3. The minimum atomic E-state index is -0.833. The van der Waals surface area contributed by atoms with Gasteiger partial charge in [-0.15, -0.1) is 9.78 Å². The van der Waals surface area contributed by atoms with E-state index in [2.05, 4.69) is 20.1 Å². The highest BCUT2D eigenvalue weighted by Crippen LogP contribution is 2.42. The third-order valence-corrected chi connectivity index (χ3v) is 6.13. The summed E-state index contributed by atoms with van der Waals surface area (Å²) in [5, 5.41) is 19.5. The van der Waals surface area contributed by atoms with Crippen LogP contribution in [0.25, 0.3) is 5.95 Å². The number of aromatic nitrogens is 5. The second-order valence-electron chi connectivity index (χ2n) is 8.90. The summed E-state index contributed by atoms with van der Waals surface area (Å²) in [6.07, 6.45) is 4.51. The maximum atomic E-state index is 16.0.